The first-order valence-corrected chi connectivity index (χ1v) is 5.57. The maximum absolute atomic E-state index is 12.4. The summed E-state index contributed by atoms with van der Waals surface area (Å²) < 4.78 is 52.5. The highest BCUT2D eigenvalue weighted by Gasteiger charge is 2.41. The lowest BCUT2D eigenvalue weighted by Gasteiger charge is -2.14. The Bertz CT molecular complexity index is 351. The summed E-state index contributed by atoms with van der Waals surface area (Å²) in [7, 11) is 0. The van der Waals surface area contributed by atoms with Crippen molar-refractivity contribution in [1.82, 2.24) is 0 Å². The predicted octanol–water partition coefficient (Wildman–Crippen LogP) is 2.78. The van der Waals surface area contributed by atoms with Crippen LogP contribution in [-0.4, -0.2) is 31.3 Å². The van der Waals surface area contributed by atoms with Gasteiger partial charge in [0.25, 0.3) is 0 Å². The van der Waals surface area contributed by atoms with Gasteiger partial charge in [-0.1, -0.05) is 6.07 Å². The van der Waals surface area contributed by atoms with E-state index >= 15 is 0 Å². The van der Waals surface area contributed by atoms with Gasteiger partial charge >= 0.3 is 12.3 Å². The fraction of sp³-hybridized carbons (Fsp3) is 0.500. The van der Waals surface area contributed by atoms with E-state index in [4.69, 9.17) is 0 Å². The molecule has 0 aliphatic carbocycles. The van der Waals surface area contributed by atoms with Gasteiger partial charge in [-0.25, -0.2) is 8.78 Å². The van der Waals surface area contributed by atoms with Crippen LogP contribution in [0.2, 0.25) is 0 Å². The van der Waals surface area contributed by atoms with Gasteiger partial charge in [0.05, 0.1) is 0 Å². The highest BCUT2D eigenvalue weighted by molar-refractivity contribution is 7.10. The van der Waals surface area contributed by atoms with Crippen LogP contribution in [0.3, 0.4) is 0 Å². The first kappa shape index (κ1) is 14.1. The first-order valence-electron chi connectivity index (χ1n) is 4.69. The lowest BCUT2D eigenvalue weighted by molar-refractivity contribution is -0.168. The van der Waals surface area contributed by atoms with Crippen molar-refractivity contribution < 1.29 is 27.1 Å². The summed E-state index contributed by atoms with van der Waals surface area (Å²) in [4.78, 5) is 12.0. The Labute approximate surface area is 99.2 Å². The van der Waals surface area contributed by atoms with Crippen molar-refractivity contribution in [2.24, 2.45) is 0 Å². The summed E-state index contributed by atoms with van der Waals surface area (Å²) in [6, 6.07) is 3.47. The normalized spacial score (nSPS) is 12.1. The molecule has 1 heterocycles. The molecule has 17 heavy (non-hydrogen) atoms. The number of Topliss-reactive ketones (excluding diaryl/α,β-unsaturated/α-hetero) is 1. The third-order valence-electron chi connectivity index (χ3n) is 1.83. The molecule has 0 aromatic carbocycles. The summed E-state index contributed by atoms with van der Waals surface area (Å²) in [5, 5.41) is 1.77. The van der Waals surface area contributed by atoms with Crippen molar-refractivity contribution in [3.63, 3.8) is 0 Å². The van der Waals surface area contributed by atoms with Gasteiger partial charge < -0.3 is 4.74 Å². The van der Waals surface area contributed by atoms with E-state index in [1.807, 2.05) is 0 Å². The van der Waals surface area contributed by atoms with Crippen LogP contribution in [0, 0.1) is 0 Å². The van der Waals surface area contributed by atoms with Crippen molar-refractivity contribution in [1.29, 1.82) is 0 Å². The van der Waals surface area contributed by atoms with Gasteiger partial charge in [0.2, 0.25) is 0 Å². The largest absolute Gasteiger partial charge is 0.367 e. The van der Waals surface area contributed by atoms with E-state index in [1.165, 1.54) is 11.3 Å². The summed E-state index contributed by atoms with van der Waals surface area (Å²) in [6.45, 7) is -2.03. The molecule has 7 heteroatoms. The molecule has 0 N–H and O–H groups in total. The fourth-order valence-electron chi connectivity index (χ4n) is 1.02. The quantitative estimate of drug-likeness (QED) is 0.712. The van der Waals surface area contributed by atoms with Crippen LogP contribution < -0.4 is 0 Å². The number of ketones is 1. The Morgan fingerprint density at radius 3 is 2.71 bits per heavy atom. The third-order valence-corrected chi connectivity index (χ3v) is 2.70. The molecule has 0 bridgehead atoms. The molecule has 96 valence electrons. The van der Waals surface area contributed by atoms with Gasteiger partial charge in [0.1, 0.15) is 13.2 Å². The summed E-state index contributed by atoms with van der Waals surface area (Å²) in [5.41, 5.74) is 0. The van der Waals surface area contributed by atoms with E-state index in [0.29, 0.717) is 0 Å². The minimum absolute atomic E-state index is 0.0674. The number of hydrogen-bond donors (Lipinski definition) is 0. The van der Waals surface area contributed by atoms with E-state index in [0.717, 1.165) is 4.88 Å². The molecule has 0 saturated heterocycles. The van der Waals surface area contributed by atoms with Gasteiger partial charge in [-0.05, 0) is 11.4 Å². The summed E-state index contributed by atoms with van der Waals surface area (Å²) in [5.74, 6) is -4.62. The number of hydrogen-bond acceptors (Lipinski definition) is 3. The predicted molar refractivity (Wildman–Crippen MR) is 54.8 cm³/mol. The van der Waals surface area contributed by atoms with Crippen molar-refractivity contribution in [3.05, 3.63) is 22.4 Å². The minimum Gasteiger partial charge on any atom is -0.367 e. The molecule has 0 spiro atoms. The second-order valence-electron chi connectivity index (χ2n) is 3.35. The van der Waals surface area contributed by atoms with E-state index in [2.05, 4.69) is 4.74 Å². The number of alkyl halides is 4. The number of thiophene rings is 1. The van der Waals surface area contributed by atoms with Crippen LogP contribution in [0.1, 0.15) is 4.88 Å². The molecule has 1 rings (SSSR count). The van der Waals surface area contributed by atoms with Crippen LogP contribution >= 0.6 is 11.3 Å². The maximum atomic E-state index is 12.4. The molecule has 0 atom stereocenters. The number of halogens is 4. The van der Waals surface area contributed by atoms with E-state index < -0.39 is 31.3 Å². The molecule has 1 aromatic rings. The Balaban J connectivity index is 2.25. The highest BCUT2D eigenvalue weighted by Crippen LogP contribution is 2.22. The van der Waals surface area contributed by atoms with Crippen molar-refractivity contribution >= 4 is 17.1 Å². The maximum Gasteiger partial charge on any atom is 0.330 e. The molecule has 0 unspecified atom stereocenters. The van der Waals surface area contributed by atoms with Gasteiger partial charge in [-0.3, -0.25) is 4.79 Å². The summed E-state index contributed by atoms with van der Waals surface area (Å²) in [6.07, 6.45) is -3.72. The SMILES string of the molecule is O=C(COCC(F)(F)C(F)F)Cc1cccs1. The molecule has 0 aliphatic rings. The first-order chi connectivity index (χ1) is 7.92. The molecular formula is C10H10F4O2S. The Morgan fingerprint density at radius 1 is 1.47 bits per heavy atom. The Morgan fingerprint density at radius 2 is 2.18 bits per heavy atom. The van der Waals surface area contributed by atoms with Gasteiger partial charge in [0.15, 0.2) is 5.78 Å². The van der Waals surface area contributed by atoms with Crippen LogP contribution in [0.25, 0.3) is 0 Å². The van der Waals surface area contributed by atoms with Gasteiger partial charge in [-0.2, -0.15) is 8.78 Å². The molecule has 0 saturated carbocycles. The highest BCUT2D eigenvalue weighted by atomic mass is 32.1. The number of rotatable bonds is 7. The zero-order valence-corrected chi connectivity index (χ0v) is 9.48. The van der Waals surface area contributed by atoms with E-state index in [9.17, 15) is 22.4 Å². The summed E-state index contributed by atoms with van der Waals surface area (Å²) >= 11 is 1.35. The second kappa shape index (κ2) is 6.11. The number of carbonyl (C=O) groups excluding carboxylic acids is 1. The standard InChI is InChI=1S/C10H10F4O2S/c11-9(12)10(13,14)6-16-5-7(15)4-8-2-1-3-17-8/h1-3,9H,4-6H2. The lowest BCUT2D eigenvalue weighted by Crippen LogP contribution is -2.33. The van der Waals surface area contributed by atoms with Crippen molar-refractivity contribution in [3.8, 4) is 0 Å². The van der Waals surface area contributed by atoms with Crippen LogP contribution in [0.4, 0.5) is 17.6 Å². The van der Waals surface area contributed by atoms with E-state index in [-0.39, 0.29) is 6.42 Å². The lowest BCUT2D eigenvalue weighted by atomic mass is 10.2. The van der Waals surface area contributed by atoms with Gasteiger partial charge in [0, 0.05) is 11.3 Å². The average Bonchev–Trinajstić information content (AvgIpc) is 2.69. The number of carbonyl (C=O) groups is 1. The van der Waals surface area contributed by atoms with Crippen molar-refractivity contribution in [2.75, 3.05) is 13.2 Å². The van der Waals surface area contributed by atoms with Gasteiger partial charge in [-0.15, -0.1) is 11.3 Å². The molecule has 0 fully saturated rings. The zero-order valence-electron chi connectivity index (χ0n) is 8.67. The molecule has 0 amide bonds. The molecular weight excluding hydrogens is 260 g/mol. The Hall–Kier alpha value is -0.950. The fourth-order valence-corrected chi connectivity index (χ4v) is 1.76. The minimum atomic E-state index is -4.21. The zero-order chi connectivity index (χ0) is 12.9. The molecule has 0 radical (unpaired) electrons. The number of ether oxygens (including phenoxy) is 1. The Kier molecular flexibility index (Phi) is 5.07. The molecule has 0 aliphatic heterocycles. The van der Waals surface area contributed by atoms with Crippen molar-refractivity contribution in [2.45, 2.75) is 18.8 Å². The average molecular weight is 270 g/mol. The monoisotopic (exact) mass is 270 g/mol. The van der Waals surface area contributed by atoms with Crippen LogP contribution in [-0.2, 0) is 16.0 Å². The molecule has 1 aromatic heterocycles. The van der Waals surface area contributed by atoms with Crippen LogP contribution in [0.5, 0.6) is 0 Å². The second-order valence-corrected chi connectivity index (χ2v) is 4.38. The third kappa shape index (κ3) is 4.82. The topological polar surface area (TPSA) is 26.3 Å². The van der Waals surface area contributed by atoms with E-state index in [1.54, 1.807) is 17.5 Å². The van der Waals surface area contributed by atoms with Crippen LogP contribution in [0.15, 0.2) is 17.5 Å². The molecule has 2 nitrogen and oxygen atoms in total. The smallest absolute Gasteiger partial charge is 0.330 e.